The Kier molecular flexibility index (Phi) is 2.65. The molecule has 0 radical (unpaired) electrons. The van der Waals surface area contributed by atoms with Gasteiger partial charge in [0.05, 0.1) is 6.61 Å². The van der Waals surface area contributed by atoms with Gasteiger partial charge in [-0.05, 0) is 12.8 Å². The van der Waals surface area contributed by atoms with E-state index in [1.54, 1.807) is 0 Å². The minimum absolute atomic E-state index is 0.336. The third kappa shape index (κ3) is 1.68. The van der Waals surface area contributed by atoms with Crippen LogP contribution in [-0.4, -0.2) is 30.6 Å². The largest absolute Gasteiger partial charge is 0.459 e. The summed E-state index contributed by atoms with van der Waals surface area (Å²) in [7, 11) is 0. The van der Waals surface area contributed by atoms with Crippen molar-refractivity contribution in [3.8, 4) is 0 Å². The topological polar surface area (TPSA) is 55.8 Å². The van der Waals surface area contributed by atoms with E-state index in [1.807, 2.05) is 0 Å². The van der Waals surface area contributed by atoms with E-state index in [2.05, 4.69) is 4.74 Å². The molecule has 0 spiro atoms. The molecule has 0 aromatic carbocycles. The summed E-state index contributed by atoms with van der Waals surface area (Å²) >= 11 is 0. The van der Waals surface area contributed by atoms with Gasteiger partial charge in [-0.3, -0.25) is 4.79 Å². The summed E-state index contributed by atoms with van der Waals surface area (Å²) in [5.74, 6) is 0. The summed E-state index contributed by atoms with van der Waals surface area (Å²) in [6.45, 7) is 0.877. The maximum atomic E-state index is 9.83. The third-order valence-corrected chi connectivity index (χ3v) is 1.47. The van der Waals surface area contributed by atoms with Gasteiger partial charge >= 0.3 is 0 Å². The fraction of sp³-hybridized carbons (Fsp3) is 0.833. The molecule has 1 aliphatic rings. The van der Waals surface area contributed by atoms with E-state index in [0.717, 1.165) is 6.42 Å². The lowest BCUT2D eigenvalue weighted by Crippen LogP contribution is -2.35. The van der Waals surface area contributed by atoms with Crippen LogP contribution in [0, 0.1) is 0 Å². The van der Waals surface area contributed by atoms with Crippen molar-refractivity contribution in [3.63, 3.8) is 0 Å². The SMILES string of the molecule is O=CO[C@@H]1CCCO[C@H]1O. The fourth-order valence-electron chi connectivity index (χ4n) is 0.945. The van der Waals surface area contributed by atoms with Crippen LogP contribution in [-0.2, 0) is 14.3 Å². The van der Waals surface area contributed by atoms with Crippen LogP contribution in [0.15, 0.2) is 0 Å². The Morgan fingerprint density at radius 3 is 3.10 bits per heavy atom. The second-order valence-electron chi connectivity index (χ2n) is 2.17. The van der Waals surface area contributed by atoms with Crippen LogP contribution in [0.2, 0.25) is 0 Å². The summed E-state index contributed by atoms with van der Waals surface area (Å²) in [4.78, 5) is 9.83. The van der Waals surface area contributed by atoms with Crippen LogP contribution in [0.5, 0.6) is 0 Å². The number of ether oxygens (including phenoxy) is 2. The number of hydrogen-bond donors (Lipinski definition) is 1. The molecule has 1 saturated heterocycles. The summed E-state index contributed by atoms with van der Waals surface area (Å²) in [6.07, 6.45) is 0.111. The maximum Gasteiger partial charge on any atom is 0.293 e. The first-order valence-corrected chi connectivity index (χ1v) is 3.23. The molecule has 1 rings (SSSR count). The first-order chi connectivity index (χ1) is 4.84. The van der Waals surface area contributed by atoms with Gasteiger partial charge < -0.3 is 14.6 Å². The van der Waals surface area contributed by atoms with Gasteiger partial charge in [0, 0.05) is 0 Å². The number of aliphatic hydroxyl groups excluding tert-OH is 1. The van der Waals surface area contributed by atoms with E-state index < -0.39 is 12.4 Å². The highest BCUT2D eigenvalue weighted by atomic mass is 16.6. The van der Waals surface area contributed by atoms with Crippen LogP contribution < -0.4 is 0 Å². The second kappa shape index (κ2) is 3.53. The first kappa shape index (κ1) is 7.50. The lowest BCUT2D eigenvalue weighted by atomic mass is 10.1. The Morgan fingerprint density at radius 2 is 2.50 bits per heavy atom. The number of rotatable bonds is 2. The van der Waals surface area contributed by atoms with Gasteiger partial charge in [0.2, 0.25) is 0 Å². The molecule has 0 aromatic rings. The Hall–Kier alpha value is -0.610. The average Bonchev–Trinajstić information content (AvgIpc) is 1.94. The van der Waals surface area contributed by atoms with Gasteiger partial charge in [0.1, 0.15) is 0 Å². The van der Waals surface area contributed by atoms with Gasteiger partial charge in [-0.15, -0.1) is 0 Å². The van der Waals surface area contributed by atoms with Crippen molar-refractivity contribution in [1.29, 1.82) is 0 Å². The van der Waals surface area contributed by atoms with Crippen LogP contribution in [0.4, 0.5) is 0 Å². The van der Waals surface area contributed by atoms with Gasteiger partial charge in [-0.25, -0.2) is 0 Å². The molecule has 4 heteroatoms. The van der Waals surface area contributed by atoms with Crippen molar-refractivity contribution < 1.29 is 19.4 Å². The van der Waals surface area contributed by atoms with Crippen molar-refractivity contribution in [2.75, 3.05) is 6.61 Å². The summed E-state index contributed by atoms with van der Waals surface area (Å²) in [6, 6.07) is 0. The molecule has 1 heterocycles. The number of carbonyl (C=O) groups excluding carboxylic acids is 1. The smallest absolute Gasteiger partial charge is 0.293 e. The van der Waals surface area contributed by atoms with Crippen molar-refractivity contribution in [2.24, 2.45) is 0 Å². The molecule has 4 nitrogen and oxygen atoms in total. The minimum atomic E-state index is -0.932. The standard InChI is InChI=1S/C6H10O4/c7-4-10-5-2-1-3-9-6(5)8/h4-6,8H,1-3H2/t5-,6-/m1/s1. The predicted molar refractivity (Wildman–Crippen MR) is 32.1 cm³/mol. The molecule has 58 valence electrons. The molecule has 0 aliphatic carbocycles. The van der Waals surface area contributed by atoms with Crippen LogP contribution in [0.25, 0.3) is 0 Å². The molecule has 1 N–H and O–H groups in total. The van der Waals surface area contributed by atoms with E-state index in [4.69, 9.17) is 9.84 Å². The number of carbonyl (C=O) groups is 1. The first-order valence-electron chi connectivity index (χ1n) is 3.23. The van der Waals surface area contributed by atoms with Crippen molar-refractivity contribution in [1.82, 2.24) is 0 Å². The Morgan fingerprint density at radius 1 is 1.70 bits per heavy atom. The molecular formula is C6H10O4. The highest BCUT2D eigenvalue weighted by molar-refractivity contribution is 5.37. The van der Waals surface area contributed by atoms with Crippen molar-refractivity contribution in [2.45, 2.75) is 25.2 Å². The second-order valence-corrected chi connectivity index (χ2v) is 2.17. The Labute approximate surface area is 58.7 Å². The van der Waals surface area contributed by atoms with E-state index in [9.17, 15) is 4.79 Å². The molecular weight excluding hydrogens is 136 g/mol. The zero-order valence-electron chi connectivity index (χ0n) is 5.53. The highest BCUT2D eigenvalue weighted by Gasteiger charge is 2.24. The molecule has 1 fully saturated rings. The van der Waals surface area contributed by atoms with E-state index >= 15 is 0 Å². The van der Waals surface area contributed by atoms with Crippen LogP contribution in [0.1, 0.15) is 12.8 Å². The molecule has 0 unspecified atom stereocenters. The molecule has 1 aliphatic heterocycles. The zero-order chi connectivity index (χ0) is 7.40. The lowest BCUT2D eigenvalue weighted by molar-refractivity contribution is -0.198. The molecule has 0 aromatic heterocycles. The van der Waals surface area contributed by atoms with Gasteiger partial charge in [-0.2, -0.15) is 0 Å². The van der Waals surface area contributed by atoms with Crippen molar-refractivity contribution in [3.05, 3.63) is 0 Å². The summed E-state index contributed by atoms with van der Waals surface area (Å²) in [5, 5.41) is 8.99. The summed E-state index contributed by atoms with van der Waals surface area (Å²) < 4.78 is 9.35. The van der Waals surface area contributed by atoms with Crippen LogP contribution in [0.3, 0.4) is 0 Å². The van der Waals surface area contributed by atoms with E-state index in [-0.39, 0.29) is 0 Å². The van der Waals surface area contributed by atoms with Gasteiger partial charge in [0.25, 0.3) is 6.47 Å². The number of hydrogen-bond acceptors (Lipinski definition) is 4. The van der Waals surface area contributed by atoms with E-state index in [1.165, 1.54) is 0 Å². The quantitative estimate of drug-likeness (QED) is 0.541. The van der Waals surface area contributed by atoms with Crippen LogP contribution >= 0.6 is 0 Å². The van der Waals surface area contributed by atoms with E-state index in [0.29, 0.717) is 19.5 Å². The average molecular weight is 146 g/mol. The fourth-order valence-corrected chi connectivity index (χ4v) is 0.945. The third-order valence-electron chi connectivity index (χ3n) is 1.47. The van der Waals surface area contributed by atoms with Crippen molar-refractivity contribution >= 4 is 6.47 Å². The maximum absolute atomic E-state index is 9.83. The molecule has 0 saturated carbocycles. The zero-order valence-corrected chi connectivity index (χ0v) is 5.53. The highest BCUT2D eigenvalue weighted by Crippen LogP contribution is 2.13. The summed E-state index contributed by atoms with van der Waals surface area (Å²) in [5.41, 5.74) is 0. The lowest BCUT2D eigenvalue weighted by Gasteiger charge is -2.25. The Balaban J connectivity index is 2.32. The predicted octanol–water partition coefficient (Wildman–Crippen LogP) is -0.343. The molecule has 10 heavy (non-hydrogen) atoms. The normalized spacial score (nSPS) is 33.3. The Bertz CT molecular complexity index is 114. The minimum Gasteiger partial charge on any atom is -0.459 e. The molecule has 2 atom stereocenters. The number of aliphatic hydroxyl groups is 1. The molecule has 0 amide bonds. The van der Waals surface area contributed by atoms with Gasteiger partial charge in [0.15, 0.2) is 12.4 Å². The molecule has 0 bridgehead atoms. The monoisotopic (exact) mass is 146 g/mol. The van der Waals surface area contributed by atoms with Gasteiger partial charge in [-0.1, -0.05) is 0 Å².